The van der Waals surface area contributed by atoms with Crippen LogP contribution in [0.5, 0.6) is 0 Å². The van der Waals surface area contributed by atoms with E-state index in [1.54, 1.807) is 7.11 Å². The molecule has 2 rings (SSSR count). The van der Waals surface area contributed by atoms with Crippen LogP contribution in [0.25, 0.3) is 0 Å². The van der Waals surface area contributed by atoms with Crippen LogP contribution in [0.2, 0.25) is 5.02 Å². The third kappa shape index (κ3) is 5.26. The standard InChI is InChI=1S/C17H27ClN2O/c1-13(14-3-4-14)20(11-12-21-2)10-9-17(19)15-5-7-16(18)8-6-15/h5-8,13-14,17H,3-4,9-12,19H2,1-2H3. The van der Waals surface area contributed by atoms with Gasteiger partial charge in [0.1, 0.15) is 0 Å². The van der Waals surface area contributed by atoms with Gasteiger partial charge in [0.15, 0.2) is 0 Å². The molecule has 0 amide bonds. The first-order chi connectivity index (χ1) is 10.1. The minimum atomic E-state index is 0.0683. The van der Waals surface area contributed by atoms with Crippen LogP contribution in [0.3, 0.4) is 0 Å². The summed E-state index contributed by atoms with van der Waals surface area (Å²) < 4.78 is 5.24. The van der Waals surface area contributed by atoms with Crippen molar-refractivity contribution in [1.29, 1.82) is 0 Å². The second kappa shape index (κ2) is 8.14. The van der Waals surface area contributed by atoms with E-state index in [4.69, 9.17) is 22.1 Å². The first-order valence-electron chi connectivity index (χ1n) is 7.86. The van der Waals surface area contributed by atoms with Crippen molar-refractivity contribution in [2.75, 3.05) is 26.8 Å². The Balaban J connectivity index is 1.85. The molecule has 1 saturated carbocycles. The fourth-order valence-electron chi connectivity index (χ4n) is 2.79. The van der Waals surface area contributed by atoms with Gasteiger partial charge in [-0.15, -0.1) is 0 Å². The number of hydrogen-bond acceptors (Lipinski definition) is 3. The molecule has 3 nitrogen and oxygen atoms in total. The van der Waals surface area contributed by atoms with E-state index in [9.17, 15) is 0 Å². The number of rotatable bonds is 9. The Morgan fingerprint density at radius 3 is 2.52 bits per heavy atom. The SMILES string of the molecule is COCCN(CCC(N)c1ccc(Cl)cc1)C(C)C1CC1. The maximum Gasteiger partial charge on any atom is 0.0589 e. The van der Waals surface area contributed by atoms with E-state index < -0.39 is 0 Å². The summed E-state index contributed by atoms with van der Waals surface area (Å²) in [6, 6.07) is 8.57. The summed E-state index contributed by atoms with van der Waals surface area (Å²) in [5.41, 5.74) is 7.47. The Bertz CT molecular complexity index is 419. The van der Waals surface area contributed by atoms with E-state index in [2.05, 4.69) is 11.8 Å². The van der Waals surface area contributed by atoms with Crippen molar-refractivity contribution in [1.82, 2.24) is 4.90 Å². The van der Waals surface area contributed by atoms with Gasteiger partial charge in [0, 0.05) is 37.3 Å². The fraction of sp³-hybridized carbons (Fsp3) is 0.647. The molecule has 0 aliphatic heterocycles. The lowest BCUT2D eigenvalue weighted by Gasteiger charge is -2.30. The molecule has 1 aliphatic carbocycles. The zero-order chi connectivity index (χ0) is 15.2. The molecule has 1 fully saturated rings. The Kier molecular flexibility index (Phi) is 6.49. The Morgan fingerprint density at radius 1 is 1.29 bits per heavy atom. The van der Waals surface area contributed by atoms with Crippen molar-refractivity contribution in [3.05, 3.63) is 34.9 Å². The number of methoxy groups -OCH3 is 1. The summed E-state index contributed by atoms with van der Waals surface area (Å²) in [4.78, 5) is 2.52. The van der Waals surface area contributed by atoms with E-state index >= 15 is 0 Å². The lowest BCUT2D eigenvalue weighted by atomic mass is 10.0. The summed E-state index contributed by atoms with van der Waals surface area (Å²) in [6.45, 7) is 5.13. The summed E-state index contributed by atoms with van der Waals surface area (Å²) in [5, 5.41) is 0.759. The highest BCUT2D eigenvalue weighted by atomic mass is 35.5. The Labute approximate surface area is 133 Å². The average molecular weight is 311 g/mol. The van der Waals surface area contributed by atoms with E-state index in [1.165, 1.54) is 12.8 Å². The van der Waals surface area contributed by atoms with Gasteiger partial charge in [-0.25, -0.2) is 0 Å². The molecular formula is C17H27ClN2O. The maximum absolute atomic E-state index is 6.31. The minimum Gasteiger partial charge on any atom is -0.383 e. The first kappa shape index (κ1) is 16.8. The molecule has 0 bridgehead atoms. The molecule has 2 N–H and O–H groups in total. The van der Waals surface area contributed by atoms with E-state index in [0.717, 1.165) is 42.6 Å². The molecule has 0 saturated heterocycles. The molecule has 1 aromatic carbocycles. The molecule has 4 heteroatoms. The quantitative estimate of drug-likeness (QED) is 0.759. The van der Waals surface area contributed by atoms with Crippen LogP contribution in [0, 0.1) is 5.92 Å². The highest BCUT2D eigenvalue weighted by molar-refractivity contribution is 6.30. The van der Waals surface area contributed by atoms with Crippen LogP contribution in [0.4, 0.5) is 0 Å². The van der Waals surface area contributed by atoms with E-state index in [1.807, 2.05) is 24.3 Å². The molecule has 2 atom stereocenters. The zero-order valence-electron chi connectivity index (χ0n) is 13.1. The summed E-state index contributed by atoms with van der Waals surface area (Å²) in [6.07, 6.45) is 3.70. The van der Waals surface area contributed by atoms with Gasteiger partial charge in [0.25, 0.3) is 0 Å². The van der Waals surface area contributed by atoms with E-state index in [0.29, 0.717) is 6.04 Å². The largest absolute Gasteiger partial charge is 0.383 e. The smallest absolute Gasteiger partial charge is 0.0589 e. The van der Waals surface area contributed by atoms with Gasteiger partial charge < -0.3 is 10.5 Å². The molecule has 1 aromatic rings. The second-order valence-electron chi connectivity index (χ2n) is 6.05. The first-order valence-corrected chi connectivity index (χ1v) is 8.23. The predicted molar refractivity (Wildman–Crippen MR) is 88.6 cm³/mol. The molecule has 21 heavy (non-hydrogen) atoms. The molecule has 0 heterocycles. The van der Waals surface area contributed by atoms with Crippen molar-refractivity contribution >= 4 is 11.6 Å². The molecule has 2 unspecified atom stereocenters. The van der Waals surface area contributed by atoms with Gasteiger partial charge in [-0.05, 0) is 49.8 Å². The van der Waals surface area contributed by atoms with Gasteiger partial charge in [0.05, 0.1) is 6.61 Å². The Hall–Kier alpha value is -0.610. The van der Waals surface area contributed by atoms with Gasteiger partial charge in [0.2, 0.25) is 0 Å². The normalized spacial score (nSPS) is 18.0. The number of halogens is 1. The van der Waals surface area contributed by atoms with Gasteiger partial charge in [-0.3, -0.25) is 4.90 Å². The average Bonchev–Trinajstić information content (AvgIpc) is 3.32. The van der Waals surface area contributed by atoms with E-state index in [-0.39, 0.29) is 6.04 Å². The highest BCUT2D eigenvalue weighted by Crippen LogP contribution is 2.35. The number of benzene rings is 1. The van der Waals surface area contributed by atoms with Crippen molar-refractivity contribution in [3.63, 3.8) is 0 Å². The summed E-state index contributed by atoms with van der Waals surface area (Å²) in [7, 11) is 1.76. The van der Waals surface area contributed by atoms with Crippen molar-refractivity contribution in [3.8, 4) is 0 Å². The zero-order valence-corrected chi connectivity index (χ0v) is 13.9. The number of nitrogens with two attached hydrogens (primary N) is 1. The molecule has 118 valence electrons. The lowest BCUT2D eigenvalue weighted by molar-refractivity contribution is 0.114. The Morgan fingerprint density at radius 2 is 1.95 bits per heavy atom. The molecule has 0 aromatic heterocycles. The summed E-state index contributed by atoms with van der Waals surface area (Å²) >= 11 is 5.92. The predicted octanol–water partition coefficient (Wildman–Crippen LogP) is 3.48. The van der Waals surface area contributed by atoms with Crippen molar-refractivity contribution in [2.45, 2.75) is 38.3 Å². The van der Waals surface area contributed by atoms with Crippen LogP contribution in [0.15, 0.2) is 24.3 Å². The van der Waals surface area contributed by atoms with Crippen molar-refractivity contribution in [2.24, 2.45) is 11.7 Å². The molecule has 0 radical (unpaired) electrons. The topological polar surface area (TPSA) is 38.5 Å². The molecular weight excluding hydrogens is 284 g/mol. The van der Waals surface area contributed by atoms with Gasteiger partial charge in [-0.2, -0.15) is 0 Å². The number of hydrogen-bond donors (Lipinski definition) is 1. The van der Waals surface area contributed by atoms with Crippen LogP contribution < -0.4 is 5.73 Å². The number of nitrogens with zero attached hydrogens (tertiary/aromatic N) is 1. The summed E-state index contributed by atoms with van der Waals surface area (Å²) in [5.74, 6) is 0.869. The third-order valence-corrected chi connectivity index (χ3v) is 4.74. The van der Waals surface area contributed by atoms with Crippen LogP contribution in [-0.2, 0) is 4.74 Å². The third-order valence-electron chi connectivity index (χ3n) is 4.49. The van der Waals surface area contributed by atoms with Crippen LogP contribution in [0.1, 0.15) is 37.8 Å². The maximum atomic E-state index is 6.31. The molecule has 1 aliphatic rings. The van der Waals surface area contributed by atoms with Crippen LogP contribution >= 0.6 is 11.6 Å². The van der Waals surface area contributed by atoms with Crippen molar-refractivity contribution < 1.29 is 4.74 Å². The molecule has 0 spiro atoms. The minimum absolute atomic E-state index is 0.0683. The number of ether oxygens (including phenoxy) is 1. The monoisotopic (exact) mass is 310 g/mol. The van der Waals surface area contributed by atoms with Gasteiger partial charge in [-0.1, -0.05) is 23.7 Å². The van der Waals surface area contributed by atoms with Crippen LogP contribution in [-0.4, -0.2) is 37.7 Å². The van der Waals surface area contributed by atoms with Gasteiger partial charge >= 0.3 is 0 Å². The fourth-order valence-corrected chi connectivity index (χ4v) is 2.91. The lowest BCUT2D eigenvalue weighted by Crippen LogP contribution is -2.38. The highest BCUT2D eigenvalue weighted by Gasteiger charge is 2.31. The second-order valence-corrected chi connectivity index (χ2v) is 6.49.